The second-order valence-corrected chi connectivity index (χ2v) is 7.83. The predicted octanol–water partition coefficient (Wildman–Crippen LogP) is 3.87. The first-order valence-electron chi connectivity index (χ1n) is 10.2. The van der Waals surface area contributed by atoms with Crippen LogP contribution in [0.2, 0.25) is 0 Å². The van der Waals surface area contributed by atoms with E-state index in [1.165, 1.54) is 17.9 Å². The number of nitrogens with one attached hydrogen (secondary N) is 2. The van der Waals surface area contributed by atoms with E-state index in [9.17, 15) is 4.39 Å². The summed E-state index contributed by atoms with van der Waals surface area (Å²) in [4.78, 5) is 11.3. The fourth-order valence-electron chi connectivity index (χ4n) is 3.97. The summed E-state index contributed by atoms with van der Waals surface area (Å²) in [5.74, 6) is 0.587. The molecule has 0 spiro atoms. The number of aromatic nitrogens is 2. The molecule has 2 aliphatic rings. The molecule has 0 unspecified atom stereocenters. The van der Waals surface area contributed by atoms with Gasteiger partial charge in [-0.1, -0.05) is 6.07 Å². The molecule has 3 aromatic rings. The Labute approximate surface area is 174 Å². The number of halogens is 1. The van der Waals surface area contributed by atoms with Gasteiger partial charge in [-0.3, -0.25) is 5.32 Å². The van der Waals surface area contributed by atoms with Crippen molar-refractivity contribution in [3.8, 4) is 17.0 Å². The van der Waals surface area contributed by atoms with E-state index in [2.05, 4.69) is 45.4 Å². The van der Waals surface area contributed by atoms with Crippen LogP contribution in [0.1, 0.15) is 25.1 Å². The van der Waals surface area contributed by atoms with Crippen LogP contribution in [0.5, 0.6) is 5.75 Å². The topological polar surface area (TPSA) is 75.5 Å². The Hall–Kier alpha value is -3.13. The number of ether oxygens (including phenoxy) is 1. The first-order valence-corrected chi connectivity index (χ1v) is 10.2. The van der Waals surface area contributed by atoms with Gasteiger partial charge in [-0.2, -0.15) is 4.98 Å². The van der Waals surface area contributed by atoms with Crippen LogP contribution in [0, 0.1) is 5.82 Å². The number of rotatable bonds is 4. The smallest absolute Gasteiger partial charge is 0.300 e. The number of pyridine rings is 1. The third-order valence-electron chi connectivity index (χ3n) is 5.49. The fourth-order valence-corrected chi connectivity index (χ4v) is 3.97. The molecule has 2 aromatic heterocycles. The molecule has 0 saturated carbocycles. The molecule has 156 valence electrons. The van der Waals surface area contributed by atoms with E-state index >= 15 is 0 Å². The highest BCUT2D eigenvalue weighted by molar-refractivity contribution is 5.72. The average Bonchev–Trinajstić information content (AvgIpc) is 3.21. The van der Waals surface area contributed by atoms with Gasteiger partial charge in [0.2, 0.25) is 0 Å². The molecule has 0 fully saturated rings. The minimum Gasteiger partial charge on any atom is -0.486 e. The highest BCUT2D eigenvalue weighted by atomic mass is 19.1. The van der Waals surface area contributed by atoms with Crippen molar-refractivity contribution in [2.75, 3.05) is 29.9 Å². The van der Waals surface area contributed by atoms with E-state index in [0.29, 0.717) is 35.4 Å². The Balaban J connectivity index is 1.42. The molecule has 30 heavy (non-hydrogen) atoms. The second kappa shape index (κ2) is 7.60. The number of anilines is 3. The number of nitrogens with zero attached hydrogens (tertiary/aromatic N) is 3. The molecule has 0 amide bonds. The number of hydrogen-bond acceptors (Lipinski definition) is 7. The van der Waals surface area contributed by atoms with Crippen molar-refractivity contribution in [3.05, 3.63) is 47.6 Å². The minimum atomic E-state index is -0.393. The van der Waals surface area contributed by atoms with Crippen molar-refractivity contribution in [2.45, 2.75) is 32.9 Å². The fraction of sp³-hybridized carbons (Fsp3) is 0.364. The van der Waals surface area contributed by atoms with Crippen molar-refractivity contribution in [1.29, 1.82) is 0 Å². The first-order chi connectivity index (χ1) is 14.6. The van der Waals surface area contributed by atoms with Crippen LogP contribution in [-0.4, -0.2) is 35.7 Å². The highest BCUT2D eigenvalue weighted by Gasteiger charge is 2.25. The van der Waals surface area contributed by atoms with Gasteiger partial charge in [0.05, 0.1) is 12.2 Å². The lowest BCUT2D eigenvalue weighted by molar-refractivity contribution is 0.287. The monoisotopic (exact) mass is 409 g/mol. The second-order valence-electron chi connectivity index (χ2n) is 7.83. The van der Waals surface area contributed by atoms with Crippen LogP contribution in [0.4, 0.5) is 21.9 Å². The molecule has 5 rings (SSSR count). The van der Waals surface area contributed by atoms with E-state index in [4.69, 9.17) is 9.15 Å². The van der Waals surface area contributed by atoms with E-state index in [0.717, 1.165) is 37.4 Å². The molecule has 7 nitrogen and oxygen atoms in total. The molecule has 0 bridgehead atoms. The lowest BCUT2D eigenvalue weighted by atomic mass is 10.1. The summed E-state index contributed by atoms with van der Waals surface area (Å²) >= 11 is 0. The molecule has 0 radical (unpaired) electrons. The molecule has 0 saturated heterocycles. The average molecular weight is 409 g/mol. The molecule has 2 N–H and O–H groups in total. The Morgan fingerprint density at radius 2 is 2.13 bits per heavy atom. The summed E-state index contributed by atoms with van der Waals surface area (Å²) in [6.45, 7) is 7.13. The van der Waals surface area contributed by atoms with E-state index < -0.39 is 5.82 Å². The van der Waals surface area contributed by atoms with Crippen molar-refractivity contribution in [2.24, 2.45) is 0 Å². The van der Waals surface area contributed by atoms with Crippen LogP contribution in [0.25, 0.3) is 11.3 Å². The molecule has 8 heteroatoms. The number of oxazole rings is 1. The molecule has 0 atom stereocenters. The lowest BCUT2D eigenvalue weighted by Crippen LogP contribution is -2.38. The molecule has 1 aromatic carbocycles. The van der Waals surface area contributed by atoms with Gasteiger partial charge in [0.1, 0.15) is 24.4 Å². The highest BCUT2D eigenvalue weighted by Crippen LogP contribution is 2.39. The maximum Gasteiger partial charge on any atom is 0.300 e. The first kappa shape index (κ1) is 18.9. The quantitative estimate of drug-likeness (QED) is 0.677. The van der Waals surface area contributed by atoms with E-state index in [-0.39, 0.29) is 6.04 Å². The third kappa shape index (κ3) is 3.47. The molecule has 4 heterocycles. The largest absolute Gasteiger partial charge is 0.486 e. The molecular weight excluding hydrogens is 385 g/mol. The maximum absolute atomic E-state index is 14.7. The Morgan fingerprint density at radius 1 is 1.23 bits per heavy atom. The zero-order valence-electron chi connectivity index (χ0n) is 17.0. The number of fused-ring (bicyclic) bond motifs is 2. The van der Waals surface area contributed by atoms with Gasteiger partial charge in [-0.25, -0.2) is 9.37 Å². The van der Waals surface area contributed by atoms with Gasteiger partial charge >= 0.3 is 6.01 Å². The molecule has 2 aliphatic heterocycles. The van der Waals surface area contributed by atoms with Crippen molar-refractivity contribution in [1.82, 2.24) is 15.3 Å². The van der Waals surface area contributed by atoms with Crippen molar-refractivity contribution >= 4 is 17.5 Å². The maximum atomic E-state index is 14.7. The van der Waals surface area contributed by atoms with Crippen LogP contribution < -0.4 is 20.3 Å². The zero-order chi connectivity index (χ0) is 20.7. The van der Waals surface area contributed by atoms with E-state index in [1.807, 2.05) is 12.1 Å². The number of benzene rings is 1. The lowest BCUT2D eigenvalue weighted by Gasteiger charge is -2.34. The van der Waals surface area contributed by atoms with Crippen LogP contribution in [0.3, 0.4) is 0 Å². The summed E-state index contributed by atoms with van der Waals surface area (Å²) in [6, 6.07) is 7.87. The number of hydrogen-bond donors (Lipinski definition) is 2. The normalized spacial score (nSPS) is 15.5. The Morgan fingerprint density at radius 3 is 3.00 bits per heavy atom. The van der Waals surface area contributed by atoms with Crippen LogP contribution in [-0.2, 0) is 13.0 Å². The van der Waals surface area contributed by atoms with Gasteiger partial charge < -0.3 is 19.4 Å². The molecule has 0 aliphatic carbocycles. The third-order valence-corrected chi connectivity index (χ3v) is 5.49. The SMILES string of the molecule is CC(C)N1CCOc2c(F)cc(-c3coc(Nc4ccc5c(n4)CCNC5)n3)cc21. The van der Waals surface area contributed by atoms with Gasteiger partial charge in [-0.05, 0) is 37.6 Å². The predicted molar refractivity (Wildman–Crippen MR) is 113 cm³/mol. The van der Waals surface area contributed by atoms with Gasteiger partial charge in [-0.15, -0.1) is 0 Å². The van der Waals surface area contributed by atoms with Crippen molar-refractivity contribution < 1.29 is 13.5 Å². The van der Waals surface area contributed by atoms with Crippen molar-refractivity contribution in [3.63, 3.8) is 0 Å². The Kier molecular flexibility index (Phi) is 4.78. The summed E-state index contributed by atoms with van der Waals surface area (Å²) in [5, 5.41) is 6.44. The molecular formula is C22H24FN5O2. The minimum absolute atomic E-state index is 0.238. The standard InChI is InChI=1S/C22H24FN5O2/c1-13(2)28-7-8-29-21-16(23)9-15(10-19(21)28)18-12-30-22(26-18)27-20-4-3-14-11-24-6-5-17(14)25-20/h3-4,9-10,12-13,24H,5-8,11H2,1-2H3,(H,25,26,27). The zero-order valence-corrected chi connectivity index (χ0v) is 17.0. The summed E-state index contributed by atoms with van der Waals surface area (Å²) < 4.78 is 25.9. The summed E-state index contributed by atoms with van der Waals surface area (Å²) in [5.41, 5.74) is 4.23. The van der Waals surface area contributed by atoms with Gasteiger partial charge in [0.15, 0.2) is 11.6 Å². The summed E-state index contributed by atoms with van der Waals surface area (Å²) in [7, 11) is 0. The van der Waals surface area contributed by atoms with Gasteiger partial charge in [0, 0.05) is 36.8 Å². The van der Waals surface area contributed by atoms with Crippen LogP contribution in [0.15, 0.2) is 34.9 Å². The summed E-state index contributed by atoms with van der Waals surface area (Å²) in [6.07, 6.45) is 2.42. The Bertz CT molecular complexity index is 1080. The van der Waals surface area contributed by atoms with Gasteiger partial charge in [0.25, 0.3) is 0 Å². The van der Waals surface area contributed by atoms with Crippen LogP contribution >= 0.6 is 0 Å². The van der Waals surface area contributed by atoms with E-state index in [1.54, 1.807) is 0 Å².